The zero-order valence-corrected chi connectivity index (χ0v) is 71.1. The largest absolute Gasteiger partial charge is 0.393 e. The number of aliphatic hydroxyl groups excluding tert-OH is 1. The number of Topliss-reactive ketones (excluding diaryl/α,β-unsaturated/α-hetero) is 3. The molecule has 3 aromatic rings. The van der Waals surface area contributed by atoms with Gasteiger partial charge in [-0.15, -0.1) is 0 Å². The number of hydrogen-bond donors (Lipinski definition) is 2. The lowest BCUT2D eigenvalue weighted by Gasteiger charge is -2.39. The number of hydrogen-bond acceptors (Lipinski definition) is 15. The normalized spacial score (nSPS) is 24.5. The van der Waals surface area contributed by atoms with E-state index in [4.69, 9.17) is 0 Å². The van der Waals surface area contributed by atoms with Gasteiger partial charge >= 0.3 is 0 Å². The van der Waals surface area contributed by atoms with Crippen molar-refractivity contribution in [3.63, 3.8) is 0 Å². The quantitative estimate of drug-likeness (QED) is 0.108. The van der Waals surface area contributed by atoms with E-state index in [-0.39, 0.29) is 68.6 Å². The molecule has 0 saturated carbocycles. The number of nitrogens with zero attached hydrogens (tertiary/aromatic N) is 10. The van der Waals surface area contributed by atoms with Crippen molar-refractivity contribution in [1.29, 1.82) is 0 Å². The first kappa shape index (κ1) is 94.4. The molecular weight excluding hydrogens is 1440 g/mol. The summed E-state index contributed by atoms with van der Waals surface area (Å²) < 4.78 is 0. The summed E-state index contributed by atoms with van der Waals surface area (Å²) in [5.41, 5.74) is 1.92. The predicted octanol–water partition coefficient (Wildman–Crippen LogP) is 7.04. The Kier molecular flexibility index (Phi) is 36.7. The number of amides is 11. The van der Waals surface area contributed by atoms with E-state index in [9.17, 15) is 24.3 Å². The van der Waals surface area contributed by atoms with Gasteiger partial charge in [-0.1, -0.05) is 160 Å². The lowest BCUT2D eigenvalue weighted by atomic mass is 9.88. The van der Waals surface area contributed by atoms with Crippen LogP contribution in [0.3, 0.4) is 0 Å². The Bertz CT molecular complexity index is 3740. The van der Waals surface area contributed by atoms with Gasteiger partial charge in [-0.2, -0.15) is 0 Å². The average molecular weight is 1570 g/mol. The predicted molar refractivity (Wildman–Crippen MR) is 433 cm³/mol. The molecule has 113 heavy (non-hydrogen) atoms. The number of benzene rings is 3. The van der Waals surface area contributed by atoms with Crippen molar-refractivity contribution < 1.29 is 72.2 Å². The molecule has 2 N–H and O–H groups in total. The van der Waals surface area contributed by atoms with Crippen molar-refractivity contribution in [3.05, 3.63) is 108 Å². The van der Waals surface area contributed by atoms with Crippen LogP contribution < -0.4 is 5.32 Å². The van der Waals surface area contributed by atoms with E-state index in [1.807, 2.05) is 48.5 Å². The van der Waals surface area contributed by atoms with Crippen molar-refractivity contribution in [1.82, 2.24) is 54.3 Å². The minimum absolute atomic E-state index is 0.0111. The van der Waals surface area contributed by atoms with Crippen LogP contribution in [-0.4, -0.2) is 280 Å². The van der Waals surface area contributed by atoms with Crippen LogP contribution in [0.15, 0.2) is 91.0 Å². The summed E-state index contributed by atoms with van der Waals surface area (Å²) in [5.74, 6) is -14.2. The van der Waals surface area contributed by atoms with Gasteiger partial charge in [0.1, 0.15) is 36.3 Å². The highest BCUT2D eigenvalue weighted by Crippen LogP contribution is 2.29. The Morgan fingerprint density at radius 1 is 0.496 bits per heavy atom. The topological polar surface area (TPSA) is 304 Å². The molecule has 0 radical (unpaired) electrons. The van der Waals surface area contributed by atoms with Crippen molar-refractivity contribution >= 4 is 82.3 Å². The highest BCUT2D eigenvalue weighted by atomic mass is 16.3. The molecular formula is C87H131N11O15. The molecule has 2 saturated heterocycles. The molecule has 26 nitrogen and oxygen atoms in total. The number of nitrogens with one attached hydrogen (secondary N) is 1. The van der Waals surface area contributed by atoms with Gasteiger partial charge in [0.15, 0.2) is 17.3 Å². The molecule has 0 aromatic heterocycles. The van der Waals surface area contributed by atoms with Crippen LogP contribution in [0, 0.1) is 41.4 Å². The molecule has 0 unspecified atom stereocenters. The average Bonchev–Trinajstić information content (AvgIpc) is 0.815. The summed E-state index contributed by atoms with van der Waals surface area (Å²) in [7, 11) is 12.6. The van der Waals surface area contributed by atoms with Gasteiger partial charge in [-0.05, 0) is 119 Å². The summed E-state index contributed by atoms with van der Waals surface area (Å²) >= 11 is 0. The number of likely N-dealkylation sites (tertiary alicyclic amines) is 1. The molecule has 2 aliphatic rings. The summed E-state index contributed by atoms with van der Waals surface area (Å²) in [4.78, 5) is 225. The lowest BCUT2D eigenvalue weighted by Crippen LogP contribution is -2.60. The number of likely N-dealkylation sites (N-methyl/N-ethyl adjacent to an activating group) is 9. The highest BCUT2D eigenvalue weighted by molar-refractivity contribution is 6.01. The van der Waals surface area contributed by atoms with E-state index in [1.165, 1.54) is 118 Å². The second-order valence-electron chi connectivity index (χ2n) is 33.2. The Morgan fingerprint density at radius 3 is 1.37 bits per heavy atom. The van der Waals surface area contributed by atoms with Crippen LogP contribution in [0.2, 0.25) is 0 Å². The zero-order chi connectivity index (χ0) is 84.7. The molecule has 5 rings (SSSR count). The van der Waals surface area contributed by atoms with E-state index in [1.54, 1.807) is 110 Å². The van der Waals surface area contributed by atoms with E-state index < -0.39 is 186 Å². The van der Waals surface area contributed by atoms with Crippen molar-refractivity contribution in [2.45, 2.75) is 233 Å². The summed E-state index contributed by atoms with van der Waals surface area (Å²) in [5, 5.41) is 14.4. The second-order valence-corrected chi connectivity index (χ2v) is 33.2. The third-order valence-electron chi connectivity index (χ3n) is 23.0. The summed E-state index contributed by atoms with van der Waals surface area (Å²) in [6, 6.07) is 15.1. The van der Waals surface area contributed by atoms with Crippen LogP contribution >= 0.6 is 0 Å². The fourth-order valence-electron chi connectivity index (χ4n) is 15.4. The van der Waals surface area contributed by atoms with Gasteiger partial charge in [0.2, 0.25) is 65.0 Å². The Labute approximate surface area is 671 Å². The third kappa shape index (κ3) is 25.9. The summed E-state index contributed by atoms with van der Waals surface area (Å²) in [6.07, 6.45) is -0.703. The van der Waals surface area contributed by atoms with Gasteiger partial charge in [-0.3, -0.25) is 67.1 Å². The molecule has 14 atom stereocenters. The lowest BCUT2D eigenvalue weighted by molar-refractivity contribution is -0.154. The molecule has 2 heterocycles. The molecule has 624 valence electrons. The molecule has 0 spiro atoms. The smallest absolute Gasteiger partial charge is 0.245 e. The molecule has 0 bridgehead atoms. The van der Waals surface area contributed by atoms with Gasteiger partial charge in [0.25, 0.3) is 0 Å². The number of piperidine rings is 1. The number of aliphatic hydroxyl groups is 1. The van der Waals surface area contributed by atoms with E-state index in [0.717, 1.165) is 29.1 Å². The molecule has 3 aromatic carbocycles. The Hall–Kier alpha value is -9.20. The van der Waals surface area contributed by atoms with Crippen LogP contribution in [0.1, 0.15) is 170 Å². The van der Waals surface area contributed by atoms with Crippen LogP contribution in [0.25, 0.3) is 0 Å². The molecule has 2 aliphatic heterocycles. The minimum Gasteiger partial charge on any atom is -0.393 e. The third-order valence-corrected chi connectivity index (χ3v) is 23.0. The maximum absolute atomic E-state index is 15.9. The van der Waals surface area contributed by atoms with Gasteiger partial charge in [-0.25, -0.2) is 0 Å². The highest BCUT2D eigenvalue weighted by Gasteiger charge is 2.46. The maximum Gasteiger partial charge on any atom is 0.245 e. The Balaban J connectivity index is 1.73. The van der Waals surface area contributed by atoms with E-state index in [0.29, 0.717) is 36.2 Å². The standard InChI is InChI=1S/C87H131N11O15/c1-22-57(8)78-79(105)88-59(10)81(107)95(19)71(44-55(4)5)85(111)94(18)69(49-64-39-31-25-32-40-64)75(102)52-66(61(12)99)84(110)90(14)60(11)82(108)96(20)72(45-56(6)7)86(112)93(17)68(48-63-37-29-24-30-38-63)74(101)50-65(51-76(103)89(13)53-77(104)91(15)70(43-54(2)3)87(113)97(78)21)83(109)92(16)67(47-62-35-27-23-28-36-62)73(100)46-58(9)80(106)98-41-33-26-34-42-98/h23-25,27-32,35-40,54-61,65-72,78,99H,22,26,33-34,41-53H2,1-21H3,(H,88,105)/t57-,58+,59-,60-,61+,65-,66-,67-,68-,69-,70-,71-,72-,78-/m0/s1. The number of carbonyl (C=O) groups is 14. The summed E-state index contributed by atoms with van der Waals surface area (Å²) in [6.45, 7) is 21.1. The van der Waals surface area contributed by atoms with E-state index in [2.05, 4.69) is 5.32 Å². The van der Waals surface area contributed by atoms with Crippen LogP contribution in [0.4, 0.5) is 0 Å². The van der Waals surface area contributed by atoms with Crippen molar-refractivity contribution in [3.8, 4) is 0 Å². The first-order valence-electron chi connectivity index (χ1n) is 40.4. The number of carbonyl (C=O) groups excluding carboxylic acids is 14. The van der Waals surface area contributed by atoms with Gasteiger partial charge in [0.05, 0.1) is 42.6 Å². The Morgan fingerprint density at radius 2 is 0.920 bits per heavy atom. The van der Waals surface area contributed by atoms with Gasteiger partial charge < -0.3 is 59.4 Å². The van der Waals surface area contributed by atoms with Crippen LogP contribution in [0.5, 0.6) is 0 Å². The number of rotatable bonds is 21. The van der Waals surface area contributed by atoms with E-state index >= 15 is 47.9 Å². The maximum atomic E-state index is 15.9. The molecule has 26 heteroatoms. The first-order valence-corrected chi connectivity index (χ1v) is 40.4. The zero-order valence-electron chi connectivity index (χ0n) is 71.1. The fraction of sp³-hybridized carbons (Fsp3) is 0.632. The van der Waals surface area contributed by atoms with Crippen molar-refractivity contribution in [2.24, 2.45) is 41.4 Å². The monoisotopic (exact) mass is 1570 g/mol. The molecule has 0 aliphatic carbocycles. The van der Waals surface area contributed by atoms with Crippen molar-refractivity contribution in [2.75, 3.05) is 83.1 Å². The minimum atomic E-state index is -1.57. The molecule has 2 fully saturated rings. The van der Waals surface area contributed by atoms with Gasteiger partial charge in [0, 0.05) is 108 Å². The SMILES string of the molecule is CC[C@H](C)[C@H]1C(=O)N[C@@H](C)C(=O)N(C)[C@@H](CC(C)C)C(=O)N(C)[C@@H](Cc2ccccc2)C(=O)C[C@@H]([C@@H](C)O)C(=O)N(C)[C@@H](C)C(=O)N(C)[C@@H](CC(C)C)C(=O)N(C)[C@@H](Cc2ccccc2)C(=O)C[C@H](C(=O)N(C)[C@@H](Cc2ccccc2)C(=O)C[C@@H](C)C(=O)N2CCCCC2)CC(=O)N(C)CC(=O)N(C)[C@@H](CC(C)C)C(=O)N1C. The molecule has 11 amide bonds. The fourth-order valence-corrected chi connectivity index (χ4v) is 15.4. The van der Waals surface area contributed by atoms with Crippen LogP contribution in [-0.2, 0) is 86.4 Å². The first-order chi connectivity index (χ1) is 53.1. The second kappa shape index (κ2) is 43.9. The number of ketones is 3.